The zero-order valence-electron chi connectivity index (χ0n) is 11.1. The maximum Gasteiger partial charge on any atom is 0.0445 e. The van der Waals surface area contributed by atoms with Crippen molar-refractivity contribution in [1.82, 2.24) is 10.2 Å². The van der Waals surface area contributed by atoms with Gasteiger partial charge in [0.15, 0.2) is 0 Å². The maximum absolute atomic E-state index is 8.98. The molecule has 0 aromatic rings. The fraction of sp³-hybridized carbons (Fsp3) is 1.00. The minimum absolute atomic E-state index is 0.300. The van der Waals surface area contributed by atoms with Crippen LogP contribution < -0.4 is 5.32 Å². The molecule has 1 heterocycles. The SMILES string of the molecule is CCC(CCO)NC1CCN(CC)C(C)C1. The van der Waals surface area contributed by atoms with E-state index < -0.39 is 0 Å². The van der Waals surface area contributed by atoms with Crippen LogP contribution in [0.15, 0.2) is 0 Å². The number of aliphatic hydroxyl groups is 1. The van der Waals surface area contributed by atoms with E-state index in [2.05, 4.69) is 31.0 Å². The van der Waals surface area contributed by atoms with E-state index in [-0.39, 0.29) is 0 Å². The molecule has 3 unspecified atom stereocenters. The summed E-state index contributed by atoms with van der Waals surface area (Å²) in [4.78, 5) is 2.55. The second-order valence-electron chi connectivity index (χ2n) is 4.98. The van der Waals surface area contributed by atoms with Gasteiger partial charge in [-0.15, -0.1) is 0 Å². The molecule has 2 N–H and O–H groups in total. The van der Waals surface area contributed by atoms with Gasteiger partial charge in [0, 0.05) is 24.7 Å². The van der Waals surface area contributed by atoms with Crippen molar-refractivity contribution in [3.63, 3.8) is 0 Å². The highest BCUT2D eigenvalue weighted by Crippen LogP contribution is 2.17. The summed E-state index contributed by atoms with van der Waals surface area (Å²) in [5, 5.41) is 12.7. The van der Waals surface area contributed by atoms with Crippen molar-refractivity contribution in [2.24, 2.45) is 0 Å². The third-order valence-corrected chi connectivity index (χ3v) is 3.86. The average molecular weight is 228 g/mol. The van der Waals surface area contributed by atoms with Gasteiger partial charge >= 0.3 is 0 Å². The lowest BCUT2D eigenvalue weighted by Crippen LogP contribution is -2.49. The zero-order chi connectivity index (χ0) is 12.0. The van der Waals surface area contributed by atoms with Crippen LogP contribution in [0.5, 0.6) is 0 Å². The molecule has 3 nitrogen and oxygen atoms in total. The molecule has 0 aliphatic carbocycles. The summed E-state index contributed by atoms with van der Waals surface area (Å²) in [5.74, 6) is 0. The molecule has 0 amide bonds. The molecule has 1 rings (SSSR count). The highest BCUT2D eigenvalue weighted by Gasteiger charge is 2.25. The van der Waals surface area contributed by atoms with Gasteiger partial charge < -0.3 is 15.3 Å². The normalized spacial score (nSPS) is 29.2. The summed E-state index contributed by atoms with van der Waals surface area (Å²) in [6, 6.07) is 1.84. The summed E-state index contributed by atoms with van der Waals surface area (Å²) in [7, 11) is 0. The van der Waals surface area contributed by atoms with Crippen LogP contribution in [0.2, 0.25) is 0 Å². The monoisotopic (exact) mass is 228 g/mol. The predicted molar refractivity (Wildman–Crippen MR) is 68.6 cm³/mol. The van der Waals surface area contributed by atoms with Crippen molar-refractivity contribution in [2.45, 2.75) is 64.6 Å². The van der Waals surface area contributed by atoms with Gasteiger partial charge in [0.05, 0.1) is 0 Å². The van der Waals surface area contributed by atoms with Crippen molar-refractivity contribution < 1.29 is 5.11 Å². The van der Waals surface area contributed by atoms with Gasteiger partial charge in [0.2, 0.25) is 0 Å². The van der Waals surface area contributed by atoms with Crippen molar-refractivity contribution in [1.29, 1.82) is 0 Å². The Bertz CT molecular complexity index is 187. The Morgan fingerprint density at radius 2 is 2.19 bits per heavy atom. The molecule has 3 heteroatoms. The van der Waals surface area contributed by atoms with Crippen LogP contribution in [0, 0.1) is 0 Å². The van der Waals surface area contributed by atoms with E-state index in [4.69, 9.17) is 5.11 Å². The van der Waals surface area contributed by atoms with Gasteiger partial charge in [-0.1, -0.05) is 13.8 Å². The fourth-order valence-electron chi connectivity index (χ4n) is 2.74. The number of rotatable bonds is 6. The molecule has 1 aliphatic heterocycles. The number of piperidine rings is 1. The van der Waals surface area contributed by atoms with Gasteiger partial charge in [0.25, 0.3) is 0 Å². The molecule has 3 atom stereocenters. The van der Waals surface area contributed by atoms with Crippen LogP contribution in [0.4, 0.5) is 0 Å². The van der Waals surface area contributed by atoms with E-state index in [1.54, 1.807) is 0 Å². The van der Waals surface area contributed by atoms with Crippen molar-refractivity contribution in [3.8, 4) is 0 Å². The molecular weight excluding hydrogens is 200 g/mol. The zero-order valence-corrected chi connectivity index (χ0v) is 11.1. The molecule has 0 bridgehead atoms. The first-order chi connectivity index (χ1) is 7.71. The van der Waals surface area contributed by atoms with E-state index in [0.29, 0.717) is 24.7 Å². The second kappa shape index (κ2) is 7.25. The molecule has 1 aliphatic rings. The van der Waals surface area contributed by atoms with Gasteiger partial charge in [-0.3, -0.25) is 0 Å². The highest BCUT2D eigenvalue weighted by atomic mass is 16.3. The lowest BCUT2D eigenvalue weighted by atomic mass is 9.96. The summed E-state index contributed by atoms with van der Waals surface area (Å²) < 4.78 is 0. The number of hydrogen-bond acceptors (Lipinski definition) is 3. The third-order valence-electron chi connectivity index (χ3n) is 3.86. The predicted octanol–water partition coefficient (Wildman–Crippen LogP) is 1.61. The number of likely N-dealkylation sites (tertiary alicyclic amines) is 1. The first-order valence-corrected chi connectivity index (χ1v) is 6.82. The lowest BCUT2D eigenvalue weighted by molar-refractivity contribution is 0.134. The Balaban J connectivity index is 2.33. The fourth-order valence-corrected chi connectivity index (χ4v) is 2.74. The molecule has 0 aromatic carbocycles. The molecule has 0 spiro atoms. The molecule has 96 valence electrons. The Hall–Kier alpha value is -0.120. The summed E-state index contributed by atoms with van der Waals surface area (Å²) in [6.45, 7) is 9.44. The Morgan fingerprint density at radius 1 is 1.44 bits per heavy atom. The van der Waals surface area contributed by atoms with Crippen molar-refractivity contribution in [3.05, 3.63) is 0 Å². The first-order valence-electron chi connectivity index (χ1n) is 6.82. The van der Waals surface area contributed by atoms with Crippen molar-refractivity contribution >= 4 is 0 Å². The summed E-state index contributed by atoms with van der Waals surface area (Å²) >= 11 is 0. The van der Waals surface area contributed by atoms with Crippen LogP contribution in [0.25, 0.3) is 0 Å². The average Bonchev–Trinajstić information content (AvgIpc) is 2.28. The van der Waals surface area contributed by atoms with Crippen LogP contribution in [-0.2, 0) is 0 Å². The Labute approximate surface area is 100 Å². The molecule has 16 heavy (non-hydrogen) atoms. The minimum Gasteiger partial charge on any atom is -0.396 e. The smallest absolute Gasteiger partial charge is 0.0445 e. The molecule has 1 fully saturated rings. The number of hydrogen-bond donors (Lipinski definition) is 2. The summed E-state index contributed by atoms with van der Waals surface area (Å²) in [5.41, 5.74) is 0. The highest BCUT2D eigenvalue weighted by molar-refractivity contribution is 4.84. The van der Waals surface area contributed by atoms with Crippen molar-refractivity contribution in [2.75, 3.05) is 19.7 Å². The number of aliphatic hydroxyl groups excluding tert-OH is 1. The topological polar surface area (TPSA) is 35.5 Å². The molecule has 0 aromatic heterocycles. The quantitative estimate of drug-likeness (QED) is 0.725. The van der Waals surface area contributed by atoms with Crippen LogP contribution in [0.3, 0.4) is 0 Å². The maximum atomic E-state index is 8.98. The second-order valence-corrected chi connectivity index (χ2v) is 4.98. The molecule has 0 saturated carbocycles. The van der Waals surface area contributed by atoms with Gasteiger partial charge in [0.1, 0.15) is 0 Å². The summed E-state index contributed by atoms with van der Waals surface area (Å²) in [6.07, 6.45) is 4.50. The number of nitrogens with zero attached hydrogens (tertiary/aromatic N) is 1. The third kappa shape index (κ3) is 4.04. The van der Waals surface area contributed by atoms with E-state index in [0.717, 1.165) is 12.8 Å². The lowest BCUT2D eigenvalue weighted by Gasteiger charge is -2.38. The van der Waals surface area contributed by atoms with Crippen LogP contribution in [-0.4, -0.2) is 47.8 Å². The van der Waals surface area contributed by atoms with E-state index in [1.807, 2.05) is 0 Å². The van der Waals surface area contributed by atoms with Crippen LogP contribution in [0.1, 0.15) is 46.5 Å². The first kappa shape index (κ1) is 13.9. The number of nitrogens with one attached hydrogen (secondary N) is 1. The van der Waals surface area contributed by atoms with E-state index >= 15 is 0 Å². The van der Waals surface area contributed by atoms with Crippen LogP contribution >= 0.6 is 0 Å². The Morgan fingerprint density at radius 3 is 2.69 bits per heavy atom. The molecule has 1 saturated heterocycles. The minimum atomic E-state index is 0.300. The van der Waals surface area contributed by atoms with E-state index in [1.165, 1.54) is 25.9 Å². The Kier molecular flexibility index (Phi) is 6.32. The van der Waals surface area contributed by atoms with E-state index in [9.17, 15) is 0 Å². The van der Waals surface area contributed by atoms with Gasteiger partial charge in [-0.2, -0.15) is 0 Å². The van der Waals surface area contributed by atoms with Gasteiger partial charge in [-0.25, -0.2) is 0 Å². The standard InChI is InChI=1S/C13H28N2O/c1-4-12(7-9-16)14-13-6-8-15(5-2)11(3)10-13/h11-14,16H,4-10H2,1-3H3. The van der Waals surface area contributed by atoms with Gasteiger partial charge in [-0.05, 0) is 45.7 Å². The molecular formula is C13H28N2O. The largest absolute Gasteiger partial charge is 0.396 e. The molecule has 0 radical (unpaired) electrons.